The molecule has 0 unspecified atom stereocenters. The summed E-state index contributed by atoms with van der Waals surface area (Å²) >= 11 is 1.22. The maximum atomic E-state index is 13.2. The highest BCUT2D eigenvalue weighted by molar-refractivity contribution is 7.16. The Bertz CT molecular complexity index is 1270. The maximum absolute atomic E-state index is 13.2. The Morgan fingerprint density at radius 2 is 1.75 bits per heavy atom. The summed E-state index contributed by atoms with van der Waals surface area (Å²) in [6.07, 6.45) is 0.862. The van der Waals surface area contributed by atoms with Crippen LogP contribution in [0.2, 0.25) is 0 Å². The van der Waals surface area contributed by atoms with Crippen LogP contribution in [0.3, 0.4) is 0 Å². The van der Waals surface area contributed by atoms with Gasteiger partial charge in [-0.2, -0.15) is 0 Å². The minimum atomic E-state index is -0.0463. The third kappa shape index (κ3) is 5.42. The van der Waals surface area contributed by atoms with E-state index in [0.717, 1.165) is 39.9 Å². The Kier molecular flexibility index (Phi) is 6.99. The predicted molar refractivity (Wildman–Crippen MR) is 132 cm³/mol. The van der Waals surface area contributed by atoms with Crippen molar-refractivity contribution in [3.8, 4) is 11.1 Å². The molecule has 0 spiro atoms. The molecule has 1 N–H and O–H groups in total. The zero-order valence-corrected chi connectivity index (χ0v) is 19.7. The normalized spacial score (nSPS) is 11.2. The molecule has 3 aromatic carbocycles. The van der Waals surface area contributed by atoms with Gasteiger partial charge in [-0.15, -0.1) is 0 Å². The third-order valence-electron chi connectivity index (χ3n) is 5.28. The van der Waals surface area contributed by atoms with Crippen molar-refractivity contribution in [2.75, 3.05) is 20.1 Å². The van der Waals surface area contributed by atoms with Crippen LogP contribution in [-0.4, -0.2) is 50.9 Å². The molecule has 0 aliphatic rings. The number of thiazole rings is 1. The Labute approximate surface area is 194 Å². The van der Waals surface area contributed by atoms with Crippen LogP contribution in [0.1, 0.15) is 22.3 Å². The van der Waals surface area contributed by atoms with Crippen molar-refractivity contribution in [1.29, 1.82) is 0 Å². The number of benzene rings is 3. The van der Waals surface area contributed by atoms with E-state index < -0.39 is 0 Å². The second kappa shape index (κ2) is 10.1. The maximum Gasteiger partial charge on any atom is 0.305 e. The Morgan fingerprint density at radius 3 is 2.53 bits per heavy atom. The first-order chi connectivity index (χ1) is 15.5. The highest BCUT2D eigenvalue weighted by Crippen LogP contribution is 2.26. The first kappa shape index (κ1) is 22.2. The van der Waals surface area contributed by atoms with Gasteiger partial charge in [0.15, 0.2) is 0 Å². The van der Waals surface area contributed by atoms with E-state index in [-0.39, 0.29) is 10.8 Å². The van der Waals surface area contributed by atoms with E-state index in [0.29, 0.717) is 18.7 Å². The number of aromatic nitrogens is 1. The summed E-state index contributed by atoms with van der Waals surface area (Å²) in [5.41, 5.74) is 4.74. The average molecular weight is 459 g/mol. The second-order valence-electron chi connectivity index (χ2n) is 7.79. The Balaban J connectivity index is 1.58. The van der Waals surface area contributed by atoms with Gasteiger partial charge < -0.3 is 14.4 Å². The summed E-state index contributed by atoms with van der Waals surface area (Å²) in [7, 11) is 5.45. The van der Waals surface area contributed by atoms with Crippen LogP contribution in [0, 0.1) is 0 Å². The van der Waals surface area contributed by atoms with E-state index in [9.17, 15) is 9.59 Å². The van der Waals surface area contributed by atoms with Crippen molar-refractivity contribution in [3.05, 3.63) is 93.6 Å². The molecule has 0 fully saturated rings. The van der Waals surface area contributed by atoms with Crippen LogP contribution in [0.5, 0.6) is 0 Å². The largest absolute Gasteiger partial charge is 0.334 e. The molecule has 161 valence electrons. The number of rotatable bonds is 8. The molecule has 0 aliphatic heterocycles. The first-order valence-electron chi connectivity index (χ1n) is 10.5. The molecule has 4 aromatic rings. The minimum Gasteiger partial charge on any atom is -0.334 e. The first-order valence-corrected chi connectivity index (χ1v) is 11.7. The van der Waals surface area contributed by atoms with E-state index in [1.807, 2.05) is 71.1 Å². The van der Waals surface area contributed by atoms with Crippen LogP contribution in [-0.2, 0) is 6.54 Å². The van der Waals surface area contributed by atoms with Gasteiger partial charge in [-0.25, -0.2) is 0 Å². The summed E-state index contributed by atoms with van der Waals surface area (Å²) in [6.45, 7) is 2.04. The quantitative estimate of drug-likeness (QED) is 0.401. The lowest BCUT2D eigenvalue weighted by Gasteiger charge is -2.24. The number of nitrogens with zero attached hydrogens (tertiary/aromatic N) is 2. The van der Waals surface area contributed by atoms with Crippen molar-refractivity contribution in [2.45, 2.75) is 13.0 Å². The number of carbonyl (C=O) groups excluding carboxylic acids is 1. The monoisotopic (exact) mass is 458 g/mol. The van der Waals surface area contributed by atoms with Gasteiger partial charge in [-0.1, -0.05) is 53.8 Å². The second-order valence-corrected chi connectivity index (χ2v) is 9.57. The number of carbonyl (C=O) groups is 1. The van der Waals surface area contributed by atoms with Crippen molar-refractivity contribution in [3.63, 3.8) is 0 Å². The zero-order valence-electron chi connectivity index (χ0n) is 17.9. The zero-order chi connectivity index (χ0) is 22.5. The molecule has 0 aliphatic carbocycles. The van der Waals surface area contributed by atoms with Crippen molar-refractivity contribution in [1.82, 2.24) is 14.4 Å². The molecule has 0 bridgehead atoms. The van der Waals surface area contributed by atoms with Gasteiger partial charge in [0, 0.05) is 18.7 Å². The van der Waals surface area contributed by atoms with Gasteiger partial charge in [0.1, 0.15) is 10.4 Å². The molecule has 1 heterocycles. The molecule has 7 heteroatoms. The van der Waals surface area contributed by atoms with Gasteiger partial charge in [-0.05, 0) is 67.0 Å². The summed E-state index contributed by atoms with van der Waals surface area (Å²) in [5.74, 6) is 0.0335. The molecule has 3 radical (unpaired) electrons. The van der Waals surface area contributed by atoms with Gasteiger partial charge >= 0.3 is 4.87 Å². The van der Waals surface area contributed by atoms with Gasteiger partial charge in [-0.3, -0.25) is 9.59 Å². The lowest BCUT2D eigenvalue weighted by molar-refractivity contribution is 0.0739. The highest BCUT2D eigenvalue weighted by Gasteiger charge is 2.16. The molecular weight excluding hydrogens is 434 g/mol. The topological polar surface area (TPSA) is 56.4 Å². The number of nitrogens with one attached hydrogen (secondary N) is 1. The fourth-order valence-electron chi connectivity index (χ4n) is 3.71. The smallest absolute Gasteiger partial charge is 0.305 e. The number of aromatic amines is 1. The number of amides is 1. The van der Waals surface area contributed by atoms with Gasteiger partial charge in [0.2, 0.25) is 0 Å². The third-order valence-corrected chi connectivity index (χ3v) is 6.35. The van der Waals surface area contributed by atoms with E-state index >= 15 is 0 Å². The fourth-order valence-corrected chi connectivity index (χ4v) is 4.64. The number of fused-ring (bicyclic) bond motifs is 1. The molecular formula is C25H24N3O2SSi. The van der Waals surface area contributed by atoms with Crippen LogP contribution >= 0.6 is 11.3 Å². The molecule has 4 rings (SSSR count). The van der Waals surface area contributed by atoms with Gasteiger partial charge in [0.25, 0.3) is 5.91 Å². The lowest BCUT2D eigenvalue weighted by atomic mass is 10.0. The van der Waals surface area contributed by atoms with E-state index in [4.69, 9.17) is 0 Å². The molecule has 0 saturated heterocycles. The number of hydrogen-bond acceptors (Lipinski definition) is 4. The van der Waals surface area contributed by atoms with Crippen molar-refractivity contribution in [2.24, 2.45) is 0 Å². The summed E-state index contributed by atoms with van der Waals surface area (Å²) in [6, 6.07) is 23.7. The van der Waals surface area contributed by atoms with Crippen LogP contribution < -0.4 is 4.87 Å². The van der Waals surface area contributed by atoms with Crippen LogP contribution in [0.4, 0.5) is 0 Å². The number of hydrogen-bond donors (Lipinski definition) is 1. The minimum absolute atomic E-state index is 0.0335. The SMILES string of the molecule is CN([Si])CCCN(Cc1cccc(-c2ccc3[nH]c(=O)sc3c2)c1)C(=O)c1ccccc1. The summed E-state index contributed by atoms with van der Waals surface area (Å²) in [4.78, 5) is 29.5. The van der Waals surface area contributed by atoms with Crippen molar-refractivity contribution >= 4 is 37.9 Å². The van der Waals surface area contributed by atoms with Crippen LogP contribution in [0.25, 0.3) is 21.3 Å². The molecule has 0 atom stereocenters. The molecule has 1 amide bonds. The van der Waals surface area contributed by atoms with E-state index in [2.05, 4.69) is 33.6 Å². The van der Waals surface area contributed by atoms with Gasteiger partial charge in [0.05, 0.1) is 10.2 Å². The van der Waals surface area contributed by atoms with E-state index in [1.165, 1.54) is 11.3 Å². The lowest BCUT2D eigenvalue weighted by Crippen LogP contribution is -2.33. The average Bonchev–Trinajstić information content (AvgIpc) is 3.17. The van der Waals surface area contributed by atoms with Crippen molar-refractivity contribution < 1.29 is 4.79 Å². The van der Waals surface area contributed by atoms with E-state index in [1.54, 1.807) is 0 Å². The standard InChI is InChI=1S/C25H24N3O2SSi/c1-27(32)13-6-14-28(24(29)19-8-3-2-4-9-19)17-18-7-5-10-20(15-18)21-11-12-22-23(16-21)31-25(30)26-22/h2-5,7-12,15-16H,6,13-14,17H2,1H3,(H,26,30). The molecule has 5 nitrogen and oxygen atoms in total. The predicted octanol–water partition coefficient (Wildman–Crippen LogP) is 4.30. The molecule has 1 aromatic heterocycles. The molecule has 32 heavy (non-hydrogen) atoms. The Morgan fingerprint density at radius 1 is 0.969 bits per heavy atom. The van der Waals surface area contributed by atoms with Crippen LogP contribution in [0.15, 0.2) is 77.6 Å². The highest BCUT2D eigenvalue weighted by atomic mass is 32.1. The summed E-state index contributed by atoms with van der Waals surface area (Å²) in [5, 5.41) is 0. The Hall–Kier alpha value is -3.00. The number of H-pyrrole nitrogens is 1. The molecule has 0 saturated carbocycles. The fraction of sp³-hybridized carbons (Fsp3) is 0.200. The summed E-state index contributed by atoms with van der Waals surface area (Å²) < 4.78 is 2.88.